The monoisotopic (exact) mass is 303 g/mol. The first-order valence-corrected chi connectivity index (χ1v) is 8.42. The van der Waals surface area contributed by atoms with Gasteiger partial charge in [-0.25, -0.2) is 0 Å². The van der Waals surface area contributed by atoms with Crippen molar-refractivity contribution in [3.8, 4) is 0 Å². The minimum absolute atomic E-state index is 0.281. The number of fused-ring (bicyclic) bond motifs is 1. The van der Waals surface area contributed by atoms with E-state index < -0.39 is 0 Å². The van der Waals surface area contributed by atoms with Crippen molar-refractivity contribution in [3.05, 3.63) is 96.1 Å². The molecule has 0 saturated heterocycles. The number of thioether (sulfide) groups is 1. The van der Waals surface area contributed by atoms with Crippen LogP contribution in [-0.2, 0) is 0 Å². The zero-order valence-corrected chi connectivity index (χ0v) is 13.0. The molecule has 0 saturated carbocycles. The van der Waals surface area contributed by atoms with E-state index in [9.17, 15) is 0 Å². The van der Waals surface area contributed by atoms with Crippen molar-refractivity contribution >= 4 is 17.4 Å². The fourth-order valence-electron chi connectivity index (χ4n) is 2.96. The van der Waals surface area contributed by atoms with Crippen LogP contribution in [0, 0.1) is 0 Å². The van der Waals surface area contributed by atoms with Crippen molar-refractivity contribution in [1.29, 1.82) is 0 Å². The summed E-state index contributed by atoms with van der Waals surface area (Å²) < 4.78 is 0. The molecule has 2 heteroatoms. The van der Waals surface area contributed by atoms with Gasteiger partial charge in [-0.1, -0.05) is 72.8 Å². The summed E-state index contributed by atoms with van der Waals surface area (Å²) in [6.07, 6.45) is 0. The average molecular weight is 303 g/mol. The highest BCUT2D eigenvalue weighted by Crippen LogP contribution is 2.51. The number of anilines is 1. The van der Waals surface area contributed by atoms with Crippen molar-refractivity contribution in [1.82, 2.24) is 0 Å². The van der Waals surface area contributed by atoms with E-state index in [0.717, 1.165) is 0 Å². The van der Waals surface area contributed by atoms with Gasteiger partial charge in [-0.2, -0.15) is 0 Å². The minimum atomic E-state index is 0.281. The minimum Gasteiger partial charge on any atom is -0.376 e. The van der Waals surface area contributed by atoms with Crippen molar-refractivity contribution in [2.45, 2.75) is 16.2 Å². The average Bonchev–Trinajstić information content (AvgIpc) is 2.62. The van der Waals surface area contributed by atoms with E-state index in [-0.39, 0.29) is 6.04 Å². The van der Waals surface area contributed by atoms with Gasteiger partial charge in [0.1, 0.15) is 0 Å². The van der Waals surface area contributed by atoms with E-state index in [2.05, 4.69) is 90.2 Å². The van der Waals surface area contributed by atoms with E-state index in [1.54, 1.807) is 0 Å². The molecular weight excluding hydrogens is 286 g/mol. The fraction of sp³-hybridized carbons (Fsp3) is 0.100. The molecule has 1 heterocycles. The first kappa shape index (κ1) is 13.5. The van der Waals surface area contributed by atoms with Gasteiger partial charge in [-0.15, -0.1) is 11.8 Å². The standard InChI is InChI=1S/C20H17NS/c1-3-9-15(10-4-1)19-20(16-11-5-2-6-12-16)22-18-14-8-7-13-17(18)21-19/h1-14,19-21H. The Bertz CT molecular complexity index is 688. The maximum atomic E-state index is 3.74. The molecule has 0 bridgehead atoms. The van der Waals surface area contributed by atoms with Crippen LogP contribution in [0.15, 0.2) is 89.8 Å². The van der Waals surface area contributed by atoms with E-state index >= 15 is 0 Å². The maximum absolute atomic E-state index is 3.74. The molecule has 3 aromatic carbocycles. The first-order valence-electron chi connectivity index (χ1n) is 7.54. The SMILES string of the molecule is c1ccc(C2Nc3ccccc3SC2c2ccccc2)cc1. The topological polar surface area (TPSA) is 12.0 Å². The highest BCUT2D eigenvalue weighted by Gasteiger charge is 2.30. The molecule has 1 nitrogen and oxygen atoms in total. The van der Waals surface area contributed by atoms with Crippen LogP contribution in [0.4, 0.5) is 5.69 Å². The van der Waals surface area contributed by atoms with E-state index in [4.69, 9.17) is 0 Å². The Morgan fingerprint density at radius 2 is 1.23 bits per heavy atom. The van der Waals surface area contributed by atoms with Crippen molar-refractivity contribution < 1.29 is 0 Å². The Kier molecular flexibility index (Phi) is 3.61. The lowest BCUT2D eigenvalue weighted by Crippen LogP contribution is -2.21. The second kappa shape index (κ2) is 5.90. The van der Waals surface area contributed by atoms with Crippen molar-refractivity contribution in [2.24, 2.45) is 0 Å². The summed E-state index contributed by atoms with van der Waals surface area (Å²) in [5.41, 5.74) is 3.93. The molecule has 2 unspecified atom stereocenters. The van der Waals surface area contributed by atoms with Gasteiger partial charge in [-0.05, 0) is 23.3 Å². The molecule has 4 rings (SSSR count). The van der Waals surface area contributed by atoms with Gasteiger partial charge in [0.05, 0.1) is 11.3 Å². The van der Waals surface area contributed by atoms with Gasteiger partial charge >= 0.3 is 0 Å². The second-order valence-corrected chi connectivity index (χ2v) is 6.66. The van der Waals surface area contributed by atoms with E-state index in [1.165, 1.54) is 21.7 Å². The van der Waals surface area contributed by atoms with Crippen LogP contribution >= 0.6 is 11.8 Å². The predicted octanol–water partition coefficient (Wildman–Crippen LogP) is 5.69. The summed E-state index contributed by atoms with van der Waals surface area (Å²) >= 11 is 1.95. The zero-order valence-electron chi connectivity index (χ0n) is 12.1. The molecule has 0 aliphatic carbocycles. The van der Waals surface area contributed by atoms with Gasteiger partial charge in [-0.3, -0.25) is 0 Å². The van der Waals surface area contributed by atoms with Gasteiger partial charge < -0.3 is 5.32 Å². The zero-order chi connectivity index (χ0) is 14.8. The third-order valence-corrected chi connectivity index (χ3v) is 5.45. The van der Waals surface area contributed by atoms with Crippen molar-refractivity contribution in [2.75, 3.05) is 5.32 Å². The maximum Gasteiger partial charge on any atom is 0.0677 e. The highest BCUT2D eigenvalue weighted by molar-refractivity contribution is 7.99. The molecule has 0 amide bonds. The smallest absolute Gasteiger partial charge is 0.0677 e. The summed E-state index contributed by atoms with van der Waals surface area (Å²) in [6.45, 7) is 0. The fourth-order valence-corrected chi connectivity index (χ4v) is 4.30. The Hall–Kier alpha value is -2.19. The molecule has 1 aliphatic heterocycles. The molecular formula is C20H17NS. The third kappa shape index (κ3) is 2.51. The Labute approximate surface area is 135 Å². The summed E-state index contributed by atoms with van der Waals surface area (Å²) in [4.78, 5) is 1.32. The summed E-state index contributed by atoms with van der Waals surface area (Å²) in [7, 11) is 0. The molecule has 0 radical (unpaired) electrons. The predicted molar refractivity (Wildman–Crippen MR) is 94.3 cm³/mol. The van der Waals surface area contributed by atoms with Crippen LogP contribution in [0.3, 0.4) is 0 Å². The quantitative estimate of drug-likeness (QED) is 0.653. The Morgan fingerprint density at radius 1 is 0.636 bits per heavy atom. The lowest BCUT2D eigenvalue weighted by Gasteiger charge is -2.35. The molecule has 3 aromatic rings. The number of hydrogen-bond donors (Lipinski definition) is 1. The van der Waals surface area contributed by atoms with Gasteiger partial charge in [0, 0.05) is 10.6 Å². The Balaban J connectivity index is 1.79. The summed E-state index contributed by atoms with van der Waals surface area (Å²) in [5.74, 6) is 0. The lowest BCUT2D eigenvalue weighted by atomic mass is 9.97. The summed E-state index contributed by atoms with van der Waals surface area (Å²) in [6, 6.07) is 30.4. The molecule has 0 spiro atoms. The van der Waals surface area contributed by atoms with Crippen LogP contribution < -0.4 is 5.32 Å². The van der Waals surface area contributed by atoms with Crippen LogP contribution in [0.2, 0.25) is 0 Å². The van der Waals surface area contributed by atoms with Crippen LogP contribution in [0.25, 0.3) is 0 Å². The molecule has 0 fully saturated rings. The first-order chi connectivity index (χ1) is 10.9. The van der Waals surface area contributed by atoms with Gasteiger partial charge in [0.25, 0.3) is 0 Å². The van der Waals surface area contributed by atoms with Crippen molar-refractivity contribution in [3.63, 3.8) is 0 Å². The molecule has 0 aromatic heterocycles. The molecule has 22 heavy (non-hydrogen) atoms. The summed E-state index contributed by atoms with van der Waals surface area (Å²) in [5, 5.41) is 4.11. The molecule has 108 valence electrons. The van der Waals surface area contributed by atoms with Gasteiger partial charge in [0.15, 0.2) is 0 Å². The molecule has 1 N–H and O–H groups in total. The normalized spacial score (nSPS) is 20.0. The third-order valence-electron chi connectivity index (χ3n) is 4.04. The van der Waals surface area contributed by atoms with Crippen LogP contribution in [0.5, 0.6) is 0 Å². The largest absolute Gasteiger partial charge is 0.376 e. The molecule has 1 aliphatic rings. The number of benzene rings is 3. The van der Waals surface area contributed by atoms with Gasteiger partial charge in [0.2, 0.25) is 0 Å². The number of hydrogen-bond acceptors (Lipinski definition) is 2. The highest BCUT2D eigenvalue weighted by atomic mass is 32.2. The van der Waals surface area contributed by atoms with Crippen LogP contribution in [0.1, 0.15) is 22.4 Å². The van der Waals surface area contributed by atoms with Crippen LogP contribution in [-0.4, -0.2) is 0 Å². The molecule has 2 atom stereocenters. The number of rotatable bonds is 2. The lowest BCUT2D eigenvalue weighted by molar-refractivity contribution is 0.743. The number of para-hydroxylation sites is 1. The number of nitrogens with one attached hydrogen (secondary N) is 1. The Morgan fingerprint density at radius 3 is 1.95 bits per heavy atom. The second-order valence-electron chi connectivity index (χ2n) is 5.48. The van der Waals surface area contributed by atoms with E-state index in [1.807, 2.05) is 11.8 Å². The van der Waals surface area contributed by atoms with E-state index in [0.29, 0.717) is 5.25 Å².